The standard InChI is InChI=1S/C13H13NS.C13H11NS.C4H6O4.C2H3BO2.C2H3N.Na/c2*1-2-4-10(5-3-1)13-11-7-9-15-12(11)6-8-14-13;1-3(5)7-8-4(2)6;1-2(4)5-3;1-2-3;/h1-5,7,9,13-14H,6,8H2;1-5,7,9H,6,8H2;1-2H3;1H3;1H3;/q;;;-1;;+1. The molecule has 2 aliphatic heterocycles. The van der Waals surface area contributed by atoms with Gasteiger partial charge in [-0.2, -0.15) is 5.26 Å². The molecule has 0 fully saturated rings. The van der Waals surface area contributed by atoms with Crippen molar-refractivity contribution in [3.05, 3.63) is 116 Å². The van der Waals surface area contributed by atoms with Gasteiger partial charge in [0.2, 0.25) is 5.97 Å². The van der Waals surface area contributed by atoms with Crippen molar-refractivity contribution in [1.29, 1.82) is 5.26 Å². The van der Waals surface area contributed by atoms with Gasteiger partial charge < -0.3 is 18.0 Å². The normalized spacial score (nSPS) is 13.2. The number of thiophene rings is 2. The number of carbonyl (C=O) groups excluding carboxylic acids is 3. The van der Waals surface area contributed by atoms with Gasteiger partial charge in [-0.05, 0) is 40.4 Å². The molecule has 1 atom stereocenters. The van der Waals surface area contributed by atoms with Crippen molar-refractivity contribution in [3.8, 4) is 6.07 Å². The Labute approximate surface area is 307 Å². The molecule has 6 rings (SSSR count). The van der Waals surface area contributed by atoms with Crippen molar-refractivity contribution < 1.29 is 58.4 Å². The summed E-state index contributed by atoms with van der Waals surface area (Å²) in [6.07, 6.45) is 2.28. The quantitative estimate of drug-likeness (QED) is 0.194. The summed E-state index contributed by atoms with van der Waals surface area (Å²) in [7, 11) is 4.32. The van der Waals surface area contributed by atoms with E-state index in [1.165, 1.54) is 47.4 Å². The van der Waals surface area contributed by atoms with Crippen molar-refractivity contribution in [2.24, 2.45) is 4.99 Å². The van der Waals surface area contributed by atoms with E-state index in [-0.39, 0.29) is 29.6 Å². The molecular weight excluding hydrogens is 644 g/mol. The van der Waals surface area contributed by atoms with Crippen LogP contribution in [0.5, 0.6) is 0 Å². The number of rotatable bonds is 2. The Hall–Kier alpha value is -3.57. The van der Waals surface area contributed by atoms with Crippen molar-refractivity contribution in [2.45, 2.75) is 46.6 Å². The maximum atomic E-state index is 9.85. The molecule has 4 heterocycles. The monoisotopic (exact) mass is 680 g/mol. The topological polar surface area (TPSA) is 127 Å². The van der Waals surface area contributed by atoms with Crippen molar-refractivity contribution in [3.63, 3.8) is 0 Å². The van der Waals surface area contributed by atoms with Gasteiger partial charge in [0.1, 0.15) is 0 Å². The minimum absolute atomic E-state index is 0. The summed E-state index contributed by atoms with van der Waals surface area (Å²) in [4.78, 5) is 44.4. The third-order valence-corrected chi connectivity index (χ3v) is 8.00. The Morgan fingerprint density at radius 3 is 1.94 bits per heavy atom. The fourth-order valence-corrected chi connectivity index (χ4v) is 6.04. The van der Waals surface area contributed by atoms with E-state index >= 15 is 0 Å². The van der Waals surface area contributed by atoms with Crippen LogP contribution in [0.25, 0.3) is 0 Å². The summed E-state index contributed by atoms with van der Waals surface area (Å²) in [5.74, 6) is -1.74. The molecule has 0 bridgehead atoms. The van der Waals surface area contributed by atoms with E-state index in [9.17, 15) is 14.4 Å². The average Bonchev–Trinajstić information content (AvgIpc) is 3.76. The fourth-order valence-electron chi connectivity index (χ4n) is 4.25. The van der Waals surface area contributed by atoms with E-state index in [0.29, 0.717) is 6.04 Å². The van der Waals surface area contributed by atoms with Crippen molar-refractivity contribution in [2.75, 3.05) is 13.1 Å². The molecule has 3 radical (unpaired) electrons. The SMILES string of the molecule is CC#N.CC(=O)OOC(C)=O.[B-]OC(C)=O.[Na+].c1ccc(C2=NCCc3sccc32)cc1.c1ccc(C2NCCc3sccc32)cc1. The van der Waals surface area contributed by atoms with Crippen LogP contribution in [0.2, 0.25) is 0 Å². The van der Waals surface area contributed by atoms with E-state index in [4.69, 9.17) is 5.26 Å². The molecule has 1 N–H and O–H groups in total. The molecule has 47 heavy (non-hydrogen) atoms. The van der Waals surface area contributed by atoms with Crippen molar-refractivity contribution >= 4 is 54.3 Å². The summed E-state index contributed by atoms with van der Waals surface area (Å²) >= 11 is 3.73. The van der Waals surface area contributed by atoms with E-state index in [0.717, 1.165) is 39.1 Å². The Balaban J connectivity index is 0.000000325. The van der Waals surface area contributed by atoms with Crippen LogP contribution in [0.1, 0.15) is 65.7 Å². The maximum Gasteiger partial charge on any atom is 1.00 e. The van der Waals surface area contributed by atoms with Crippen LogP contribution in [0.3, 0.4) is 0 Å². The zero-order chi connectivity index (χ0) is 33.7. The number of aliphatic imine (C=N–C) groups is 1. The first-order chi connectivity index (χ1) is 22.2. The average molecular weight is 681 g/mol. The number of nitrogens with zero attached hydrogens (tertiary/aromatic N) is 2. The molecule has 0 aliphatic carbocycles. The van der Waals surface area contributed by atoms with Crippen LogP contribution < -0.4 is 34.9 Å². The number of hydrogen-bond donors (Lipinski definition) is 1. The van der Waals surface area contributed by atoms with Gasteiger partial charge in [-0.15, -0.1) is 22.7 Å². The molecule has 2 aromatic heterocycles. The number of carbonyl (C=O) groups is 3. The van der Waals surface area contributed by atoms with Crippen LogP contribution in [-0.2, 0) is 41.7 Å². The van der Waals surface area contributed by atoms with Crippen LogP contribution in [0.4, 0.5) is 0 Å². The van der Waals surface area contributed by atoms with Gasteiger partial charge in [0.15, 0.2) is 0 Å². The van der Waals surface area contributed by atoms with Gasteiger partial charge >= 0.3 is 41.5 Å². The first-order valence-electron chi connectivity index (χ1n) is 14.3. The second-order valence-electron chi connectivity index (χ2n) is 9.43. The predicted molar refractivity (Wildman–Crippen MR) is 182 cm³/mol. The van der Waals surface area contributed by atoms with E-state index in [1.807, 2.05) is 28.7 Å². The van der Waals surface area contributed by atoms with Gasteiger partial charge in [-0.1, -0.05) is 60.7 Å². The zero-order valence-electron chi connectivity index (χ0n) is 27.2. The molecule has 2 aromatic carbocycles. The second kappa shape index (κ2) is 23.7. The Morgan fingerprint density at radius 2 is 1.38 bits per heavy atom. The van der Waals surface area contributed by atoms with Gasteiger partial charge in [0.05, 0.1) is 17.8 Å². The molecule has 0 spiro atoms. The molecule has 239 valence electrons. The van der Waals surface area contributed by atoms with Gasteiger partial charge in [0, 0.05) is 68.1 Å². The van der Waals surface area contributed by atoms with Crippen LogP contribution in [0, 0.1) is 11.3 Å². The molecule has 2 aliphatic rings. The number of benzene rings is 2. The molecule has 9 nitrogen and oxygen atoms in total. The minimum Gasteiger partial charge on any atom is -0.793 e. The molecule has 1 unspecified atom stereocenters. The first kappa shape index (κ1) is 41.5. The van der Waals surface area contributed by atoms with Crippen LogP contribution >= 0.6 is 22.7 Å². The Kier molecular flexibility index (Phi) is 20.9. The Bertz CT molecular complexity index is 1580. The largest absolute Gasteiger partial charge is 1.00 e. The third-order valence-electron chi connectivity index (χ3n) is 6.02. The van der Waals surface area contributed by atoms with E-state index in [2.05, 4.69) is 110 Å². The number of nitriles is 1. The summed E-state index contributed by atoms with van der Waals surface area (Å²) in [5, 5.41) is 15.3. The van der Waals surface area contributed by atoms with Crippen LogP contribution in [-0.4, -0.2) is 44.8 Å². The van der Waals surface area contributed by atoms with Crippen molar-refractivity contribution in [1.82, 2.24) is 5.32 Å². The van der Waals surface area contributed by atoms with E-state index in [1.54, 1.807) is 10.9 Å². The summed E-state index contributed by atoms with van der Waals surface area (Å²) < 4.78 is 3.61. The molecule has 0 saturated carbocycles. The summed E-state index contributed by atoms with van der Waals surface area (Å²) in [6.45, 7) is 6.97. The molecule has 0 amide bonds. The molecule has 0 saturated heterocycles. The predicted octanol–water partition coefficient (Wildman–Crippen LogP) is 3.32. The Morgan fingerprint density at radius 1 is 0.851 bits per heavy atom. The number of nitrogens with one attached hydrogen (secondary N) is 1. The fraction of sp³-hybridized carbons (Fsp3) is 0.265. The van der Waals surface area contributed by atoms with Crippen LogP contribution in [0.15, 0.2) is 88.5 Å². The number of fused-ring (bicyclic) bond motifs is 2. The number of hydrogen-bond acceptors (Lipinski definition) is 11. The molecule has 13 heteroatoms. The zero-order valence-corrected chi connectivity index (χ0v) is 30.9. The van der Waals surface area contributed by atoms with Gasteiger partial charge in [-0.3, -0.25) is 9.79 Å². The minimum atomic E-state index is -0.639. The maximum absolute atomic E-state index is 9.85. The smallest absolute Gasteiger partial charge is 0.793 e. The first-order valence-corrected chi connectivity index (χ1v) is 16.0. The molecule has 4 aromatic rings. The van der Waals surface area contributed by atoms with E-state index < -0.39 is 17.9 Å². The second-order valence-corrected chi connectivity index (χ2v) is 11.4. The molecular formula is C34H36BN3NaO6S2. The van der Waals surface area contributed by atoms with Gasteiger partial charge in [-0.25, -0.2) is 19.4 Å². The van der Waals surface area contributed by atoms with Gasteiger partial charge in [0.25, 0.3) is 0 Å². The third kappa shape index (κ3) is 15.3. The summed E-state index contributed by atoms with van der Waals surface area (Å²) in [5.41, 5.74) is 6.57. The summed E-state index contributed by atoms with van der Waals surface area (Å²) in [6, 6.07) is 27.7.